The SMILES string of the molecule is CC(C)OC1OC[C@@H](O)[C@H](O)C1O. The zero-order valence-corrected chi connectivity index (χ0v) is 7.75. The van der Waals surface area contributed by atoms with Crippen LogP contribution in [0.4, 0.5) is 0 Å². The highest BCUT2D eigenvalue weighted by Gasteiger charge is 2.38. The Morgan fingerprint density at radius 3 is 2.38 bits per heavy atom. The fourth-order valence-electron chi connectivity index (χ4n) is 1.17. The summed E-state index contributed by atoms with van der Waals surface area (Å²) in [5.41, 5.74) is 0. The van der Waals surface area contributed by atoms with Crippen molar-refractivity contribution in [3.63, 3.8) is 0 Å². The van der Waals surface area contributed by atoms with Crippen LogP contribution < -0.4 is 0 Å². The second-order valence-electron chi connectivity index (χ2n) is 3.44. The molecule has 0 amide bonds. The summed E-state index contributed by atoms with van der Waals surface area (Å²) in [5, 5.41) is 27.8. The molecule has 1 aliphatic rings. The second-order valence-corrected chi connectivity index (χ2v) is 3.44. The lowest BCUT2D eigenvalue weighted by atomic mass is 10.1. The van der Waals surface area contributed by atoms with Crippen LogP contribution >= 0.6 is 0 Å². The van der Waals surface area contributed by atoms with Gasteiger partial charge in [0.15, 0.2) is 6.29 Å². The van der Waals surface area contributed by atoms with Crippen LogP contribution in [-0.4, -0.2) is 52.6 Å². The van der Waals surface area contributed by atoms with Gasteiger partial charge >= 0.3 is 0 Å². The minimum Gasteiger partial charge on any atom is -0.388 e. The van der Waals surface area contributed by atoms with Crippen LogP contribution in [0.3, 0.4) is 0 Å². The quantitative estimate of drug-likeness (QED) is 0.515. The lowest BCUT2D eigenvalue weighted by Crippen LogP contribution is -2.54. The van der Waals surface area contributed by atoms with E-state index in [1.807, 2.05) is 0 Å². The van der Waals surface area contributed by atoms with Gasteiger partial charge in [-0.3, -0.25) is 0 Å². The third-order valence-corrected chi connectivity index (χ3v) is 1.86. The first kappa shape index (κ1) is 10.9. The van der Waals surface area contributed by atoms with E-state index in [1.54, 1.807) is 13.8 Å². The number of rotatable bonds is 2. The molecular weight excluding hydrogens is 176 g/mol. The van der Waals surface area contributed by atoms with Crippen molar-refractivity contribution in [3.8, 4) is 0 Å². The van der Waals surface area contributed by atoms with Gasteiger partial charge in [-0.2, -0.15) is 0 Å². The molecule has 3 N–H and O–H groups in total. The normalized spacial score (nSPS) is 41.1. The molecule has 0 spiro atoms. The molecule has 5 nitrogen and oxygen atoms in total. The molecule has 0 aromatic carbocycles. The van der Waals surface area contributed by atoms with E-state index in [0.29, 0.717) is 0 Å². The van der Waals surface area contributed by atoms with Gasteiger partial charge in [-0.25, -0.2) is 0 Å². The zero-order chi connectivity index (χ0) is 10.0. The highest BCUT2D eigenvalue weighted by molar-refractivity contribution is 4.82. The molecule has 2 unspecified atom stereocenters. The van der Waals surface area contributed by atoms with E-state index >= 15 is 0 Å². The van der Waals surface area contributed by atoms with Gasteiger partial charge in [0.2, 0.25) is 0 Å². The van der Waals surface area contributed by atoms with Crippen molar-refractivity contribution in [2.24, 2.45) is 0 Å². The summed E-state index contributed by atoms with van der Waals surface area (Å²) in [4.78, 5) is 0. The number of aliphatic hydroxyl groups is 3. The van der Waals surface area contributed by atoms with Crippen LogP contribution in [0.5, 0.6) is 0 Å². The maximum Gasteiger partial charge on any atom is 0.186 e. The smallest absolute Gasteiger partial charge is 0.186 e. The highest BCUT2D eigenvalue weighted by Crippen LogP contribution is 2.17. The number of aliphatic hydroxyl groups excluding tert-OH is 3. The third-order valence-electron chi connectivity index (χ3n) is 1.86. The molecule has 1 fully saturated rings. The van der Waals surface area contributed by atoms with Gasteiger partial charge in [0, 0.05) is 0 Å². The number of hydrogen-bond donors (Lipinski definition) is 3. The third kappa shape index (κ3) is 2.62. The van der Waals surface area contributed by atoms with E-state index in [4.69, 9.17) is 14.6 Å². The minimum absolute atomic E-state index is 0.0182. The Balaban J connectivity index is 2.48. The van der Waals surface area contributed by atoms with Crippen LogP contribution in [0.2, 0.25) is 0 Å². The molecule has 0 saturated carbocycles. The first-order valence-electron chi connectivity index (χ1n) is 4.33. The van der Waals surface area contributed by atoms with Crippen LogP contribution in [0.1, 0.15) is 13.8 Å². The van der Waals surface area contributed by atoms with Gasteiger partial charge in [0.05, 0.1) is 12.7 Å². The first-order chi connectivity index (χ1) is 6.02. The van der Waals surface area contributed by atoms with Gasteiger partial charge in [-0.1, -0.05) is 0 Å². The summed E-state index contributed by atoms with van der Waals surface area (Å²) in [5.74, 6) is 0. The van der Waals surface area contributed by atoms with Crippen molar-refractivity contribution in [1.29, 1.82) is 0 Å². The Labute approximate surface area is 76.9 Å². The monoisotopic (exact) mass is 192 g/mol. The Morgan fingerprint density at radius 2 is 1.85 bits per heavy atom. The molecule has 1 heterocycles. The molecule has 1 saturated heterocycles. The predicted molar refractivity (Wildman–Crippen MR) is 44.0 cm³/mol. The van der Waals surface area contributed by atoms with Crippen LogP contribution in [-0.2, 0) is 9.47 Å². The largest absolute Gasteiger partial charge is 0.388 e. The maximum absolute atomic E-state index is 9.40. The van der Waals surface area contributed by atoms with Gasteiger partial charge in [0.1, 0.15) is 18.3 Å². The van der Waals surface area contributed by atoms with Crippen LogP contribution in [0.25, 0.3) is 0 Å². The Bertz CT molecular complexity index is 161. The lowest BCUT2D eigenvalue weighted by molar-refractivity contribution is -0.278. The fourth-order valence-corrected chi connectivity index (χ4v) is 1.17. The molecule has 0 aliphatic carbocycles. The fraction of sp³-hybridized carbons (Fsp3) is 1.00. The predicted octanol–water partition coefficient (Wildman–Crippen LogP) is -1.15. The van der Waals surface area contributed by atoms with Crippen LogP contribution in [0, 0.1) is 0 Å². The lowest BCUT2D eigenvalue weighted by Gasteiger charge is -2.35. The summed E-state index contributed by atoms with van der Waals surface area (Å²) in [7, 11) is 0. The summed E-state index contributed by atoms with van der Waals surface area (Å²) in [6.45, 7) is 3.58. The Kier molecular flexibility index (Phi) is 3.63. The molecular formula is C8H16O5. The van der Waals surface area contributed by atoms with Crippen LogP contribution in [0.15, 0.2) is 0 Å². The van der Waals surface area contributed by atoms with Crippen molar-refractivity contribution in [2.45, 2.75) is 44.6 Å². The molecule has 5 heteroatoms. The Hall–Kier alpha value is -0.200. The first-order valence-corrected chi connectivity index (χ1v) is 4.33. The molecule has 1 rings (SSSR count). The van der Waals surface area contributed by atoms with Crippen molar-refractivity contribution in [3.05, 3.63) is 0 Å². The zero-order valence-electron chi connectivity index (χ0n) is 7.75. The molecule has 0 aromatic rings. The molecule has 13 heavy (non-hydrogen) atoms. The average molecular weight is 192 g/mol. The van der Waals surface area contributed by atoms with Gasteiger partial charge < -0.3 is 24.8 Å². The second kappa shape index (κ2) is 4.34. The average Bonchev–Trinajstić information content (AvgIpc) is 2.06. The van der Waals surface area contributed by atoms with Gasteiger partial charge in [-0.05, 0) is 13.8 Å². The van der Waals surface area contributed by atoms with Crippen molar-refractivity contribution in [2.75, 3.05) is 6.61 Å². The van der Waals surface area contributed by atoms with E-state index < -0.39 is 24.6 Å². The standard InChI is InChI=1S/C8H16O5/c1-4(2)13-8-7(11)6(10)5(9)3-12-8/h4-11H,3H2,1-2H3/t5-,6+,7?,8?/m1/s1. The minimum atomic E-state index is -1.20. The summed E-state index contributed by atoms with van der Waals surface area (Å²) in [6, 6.07) is 0. The van der Waals surface area contributed by atoms with Crippen molar-refractivity contribution >= 4 is 0 Å². The highest BCUT2D eigenvalue weighted by atomic mass is 16.7. The summed E-state index contributed by atoms with van der Waals surface area (Å²) in [6.07, 6.45) is -4.37. The van der Waals surface area contributed by atoms with E-state index in [-0.39, 0.29) is 12.7 Å². The molecule has 4 atom stereocenters. The summed E-state index contributed by atoms with van der Waals surface area (Å²) >= 11 is 0. The van der Waals surface area contributed by atoms with E-state index in [2.05, 4.69) is 0 Å². The molecule has 0 bridgehead atoms. The summed E-state index contributed by atoms with van der Waals surface area (Å²) < 4.78 is 10.2. The molecule has 1 aliphatic heterocycles. The molecule has 78 valence electrons. The van der Waals surface area contributed by atoms with E-state index in [9.17, 15) is 10.2 Å². The van der Waals surface area contributed by atoms with E-state index in [1.165, 1.54) is 0 Å². The number of ether oxygens (including phenoxy) is 2. The maximum atomic E-state index is 9.40. The molecule has 0 radical (unpaired) electrons. The van der Waals surface area contributed by atoms with Gasteiger partial charge in [0.25, 0.3) is 0 Å². The van der Waals surface area contributed by atoms with Crippen molar-refractivity contribution in [1.82, 2.24) is 0 Å². The topological polar surface area (TPSA) is 79.2 Å². The van der Waals surface area contributed by atoms with Crippen molar-refractivity contribution < 1.29 is 24.8 Å². The van der Waals surface area contributed by atoms with Gasteiger partial charge in [-0.15, -0.1) is 0 Å². The Morgan fingerprint density at radius 1 is 1.23 bits per heavy atom. The number of hydrogen-bond acceptors (Lipinski definition) is 5. The van der Waals surface area contributed by atoms with E-state index in [0.717, 1.165) is 0 Å². The molecule has 0 aromatic heterocycles.